The van der Waals surface area contributed by atoms with Crippen molar-refractivity contribution in [3.8, 4) is 0 Å². The van der Waals surface area contributed by atoms with Gasteiger partial charge in [-0.3, -0.25) is 15.0 Å². The van der Waals surface area contributed by atoms with Crippen LogP contribution in [0.1, 0.15) is 20.8 Å². The minimum Gasteiger partial charge on any atom is -0.453 e. The summed E-state index contributed by atoms with van der Waals surface area (Å²) in [5.74, 6) is -0.349. The minimum absolute atomic E-state index is 0.0899. The number of ether oxygens (including phenoxy) is 2. The van der Waals surface area contributed by atoms with Crippen LogP contribution in [0.2, 0.25) is 0 Å². The Labute approximate surface area is 101 Å². The summed E-state index contributed by atoms with van der Waals surface area (Å²) in [4.78, 5) is 24.7. The van der Waals surface area contributed by atoms with Crippen LogP contribution in [0, 0.1) is 0 Å². The topological polar surface area (TPSA) is 67.9 Å². The van der Waals surface area contributed by atoms with E-state index in [-0.39, 0.29) is 24.2 Å². The lowest BCUT2D eigenvalue weighted by Crippen LogP contribution is -2.54. The van der Waals surface area contributed by atoms with Crippen molar-refractivity contribution >= 4 is 12.0 Å². The molecule has 6 heteroatoms. The van der Waals surface area contributed by atoms with Crippen LogP contribution in [0.3, 0.4) is 0 Å². The van der Waals surface area contributed by atoms with Crippen molar-refractivity contribution in [2.45, 2.75) is 39.0 Å². The summed E-state index contributed by atoms with van der Waals surface area (Å²) in [7, 11) is 1.23. The van der Waals surface area contributed by atoms with E-state index in [1.807, 2.05) is 18.7 Å². The van der Waals surface area contributed by atoms with Gasteiger partial charge in [0.05, 0.1) is 25.4 Å². The number of nitrogens with one attached hydrogen (secondary N) is 1. The third-order valence-corrected chi connectivity index (χ3v) is 2.79. The van der Waals surface area contributed by atoms with Gasteiger partial charge in [0, 0.05) is 13.1 Å². The van der Waals surface area contributed by atoms with E-state index in [0.717, 1.165) is 0 Å². The van der Waals surface area contributed by atoms with E-state index >= 15 is 0 Å². The van der Waals surface area contributed by atoms with E-state index in [1.54, 1.807) is 6.92 Å². The van der Waals surface area contributed by atoms with Gasteiger partial charge in [0.2, 0.25) is 5.91 Å². The van der Waals surface area contributed by atoms with Gasteiger partial charge in [-0.25, -0.2) is 4.79 Å². The first-order valence-corrected chi connectivity index (χ1v) is 5.72. The number of carbonyl (C=O) groups is 2. The fraction of sp³-hybridized carbons (Fsp3) is 0.818. The summed E-state index contributed by atoms with van der Waals surface area (Å²) >= 11 is 0. The number of amides is 2. The molecular formula is C11H20N2O4. The first-order chi connectivity index (χ1) is 7.93. The van der Waals surface area contributed by atoms with Gasteiger partial charge in [-0.15, -0.1) is 0 Å². The second kappa shape index (κ2) is 5.97. The first-order valence-electron chi connectivity index (χ1n) is 5.72. The van der Waals surface area contributed by atoms with E-state index < -0.39 is 6.09 Å². The van der Waals surface area contributed by atoms with E-state index in [4.69, 9.17) is 4.74 Å². The monoisotopic (exact) mass is 244 g/mol. The molecule has 0 spiro atoms. The van der Waals surface area contributed by atoms with E-state index in [9.17, 15) is 9.59 Å². The molecule has 98 valence electrons. The Morgan fingerprint density at radius 3 is 2.35 bits per heavy atom. The number of nitrogens with zero attached hydrogens (tertiary/aromatic N) is 1. The molecule has 0 saturated carbocycles. The Bertz CT molecular complexity index is 285. The van der Waals surface area contributed by atoms with E-state index in [0.29, 0.717) is 13.1 Å². The van der Waals surface area contributed by atoms with Crippen LogP contribution >= 0.6 is 0 Å². The van der Waals surface area contributed by atoms with Gasteiger partial charge < -0.3 is 9.47 Å². The van der Waals surface area contributed by atoms with Gasteiger partial charge in [-0.05, 0) is 20.8 Å². The molecule has 0 unspecified atom stereocenters. The smallest absolute Gasteiger partial charge is 0.413 e. The Kier molecular flexibility index (Phi) is 4.89. The van der Waals surface area contributed by atoms with Crippen molar-refractivity contribution in [1.29, 1.82) is 0 Å². The molecule has 1 rings (SSSR count). The van der Waals surface area contributed by atoms with Gasteiger partial charge in [0.25, 0.3) is 0 Å². The lowest BCUT2D eigenvalue weighted by atomic mass is 10.1. The van der Waals surface area contributed by atoms with Crippen molar-refractivity contribution in [3.05, 3.63) is 0 Å². The second-order valence-electron chi connectivity index (χ2n) is 4.37. The average molecular weight is 244 g/mol. The lowest BCUT2D eigenvalue weighted by molar-refractivity contribution is -0.131. The zero-order valence-electron chi connectivity index (χ0n) is 10.7. The maximum Gasteiger partial charge on any atom is 0.413 e. The molecule has 0 bridgehead atoms. The highest BCUT2D eigenvalue weighted by Crippen LogP contribution is 2.13. The van der Waals surface area contributed by atoms with Gasteiger partial charge in [0.15, 0.2) is 0 Å². The molecule has 2 amide bonds. The highest BCUT2D eigenvalue weighted by molar-refractivity contribution is 5.94. The van der Waals surface area contributed by atoms with Crippen LogP contribution in [-0.2, 0) is 14.3 Å². The quantitative estimate of drug-likeness (QED) is 0.760. The van der Waals surface area contributed by atoms with Crippen molar-refractivity contribution in [1.82, 2.24) is 10.2 Å². The number of alkyl carbamates (subject to hydrolysis) is 1. The molecule has 0 radical (unpaired) electrons. The van der Waals surface area contributed by atoms with Crippen LogP contribution in [0.5, 0.6) is 0 Å². The van der Waals surface area contributed by atoms with Crippen molar-refractivity contribution in [3.63, 3.8) is 0 Å². The summed E-state index contributed by atoms with van der Waals surface area (Å²) in [6, 6.07) is -0.372. The summed E-state index contributed by atoms with van der Waals surface area (Å²) in [5, 5.41) is 2.17. The number of hydrogen-bond acceptors (Lipinski definition) is 5. The van der Waals surface area contributed by atoms with Gasteiger partial charge in [-0.1, -0.05) is 0 Å². The number of imide groups is 1. The molecule has 3 atom stereocenters. The largest absolute Gasteiger partial charge is 0.453 e. The highest BCUT2D eigenvalue weighted by Gasteiger charge is 2.29. The maximum atomic E-state index is 11.7. The molecule has 0 aromatic rings. The molecule has 1 aliphatic rings. The number of rotatable bonds is 2. The van der Waals surface area contributed by atoms with Crippen molar-refractivity contribution < 1.29 is 19.1 Å². The van der Waals surface area contributed by atoms with Gasteiger partial charge >= 0.3 is 6.09 Å². The molecule has 0 aromatic heterocycles. The van der Waals surface area contributed by atoms with Crippen molar-refractivity contribution in [2.75, 3.05) is 20.2 Å². The van der Waals surface area contributed by atoms with Crippen LogP contribution in [0.25, 0.3) is 0 Å². The highest BCUT2D eigenvalue weighted by atomic mass is 16.5. The summed E-state index contributed by atoms with van der Waals surface area (Å²) in [6.07, 6.45) is -0.546. The van der Waals surface area contributed by atoms with E-state index in [2.05, 4.69) is 10.1 Å². The fourth-order valence-electron chi connectivity index (χ4n) is 1.96. The molecule has 1 heterocycles. The molecule has 1 fully saturated rings. The summed E-state index contributed by atoms with van der Waals surface area (Å²) < 4.78 is 9.97. The summed E-state index contributed by atoms with van der Waals surface area (Å²) in [6.45, 7) is 7.06. The molecule has 6 nitrogen and oxygen atoms in total. The third kappa shape index (κ3) is 3.98. The Hall–Kier alpha value is -1.14. The Morgan fingerprint density at radius 1 is 1.35 bits per heavy atom. The van der Waals surface area contributed by atoms with E-state index in [1.165, 1.54) is 7.11 Å². The van der Waals surface area contributed by atoms with Crippen LogP contribution in [-0.4, -0.2) is 55.3 Å². The lowest BCUT2D eigenvalue weighted by Gasteiger charge is -2.38. The number of hydrogen-bond donors (Lipinski definition) is 1. The fourth-order valence-corrected chi connectivity index (χ4v) is 1.96. The Balaban J connectivity index is 2.53. The molecule has 1 N–H and O–H groups in total. The second-order valence-corrected chi connectivity index (χ2v) is 4.37. The zero-order chi connectivity index (χ0) is 13.0. The van der Waals surface area contributed by atoms with Crippen LogP contribution in [0.15, 0.2) is 0 Å². The molecule has 17 heavy (non-hydrogen) atoms. The standard InChI is InChI=1S/C11H20N2O4/c1-7-5-13(6-8(2)17-7)9(3)10(14)12-11(15)16-4/h7-9H,5-6H2,1-4H3,(H,12,14,15)/t7-,8+,9-/m0/s1. The predicted molar refractivity (Wildman–Crippen MR) is 61.6 cm³/mol. The van der Waals surface area contributed by atoms with Gasteiger partial charge in [0.1, 0.15) is 0 Å². The number of carbonyl (C=O) groups excluding carboxylic acids is 2. The van der Waals surface area contributed by atoms with Crippen LogP contribution in [0.4, 0.5) is 4.79 Å². The molecule has 1 saturated heterocycles. The summed E-state index contributed by atoms with van der Waals surface area (Å²) in [5.41, 5.74) is 0. The maximum absolute atomic E-state index is 11.7. The van der Waals surface area contributed by atoms with Crippen LogP contribution < -0.4 is 5.32 Å². The average Bonchev–Trinajstić information content (AvgIpc) is 2.26. The molecule has 0 aliphatic carbocycles. The molecular weight excluding hydrogens is 224 g/mol. The SMILES string of the molecule is COC(=O)NC(=O)[C@H](C)N1C[C@@H](C)O[C@@H](C)C1. The Morgan fingerprint density at radius 2 is 1.88 bits per heavy atom. The zero-order valence-corrected chi connectivity index (χ0v) is 10.7. The predicted octanol–water partition coefficient (Wildman–Crippen LogP) is 0.367. The molecule has 0 aromatic carbocycles. The normalized spacial score (nSPS) is 27.3. The minimum atomic E-state index is -0.726. The number of methoxy groups -OCH3 is 1. The number of morpholine rings is 1. The first kappa shape index (κ1) is 13.9. The molecule has 1 aliphatic heterocycles. The third-order valence-electron chi connectivity index (χ3n) is 2.79. The van der Waals surface area contributed by atoms with Crippen molar-refractivity contribution in [2.24, 2.45) is 0 Å². The van der Waals surface area contributed by atoms with Gasteiger partial charge in [-0.2, -0.15) is 0 Å².